The number of carbonyl (C=O) groups is 2. The molecule has 0 aromatic carbocycles. The summed E-state index contributed by atoms with van der Waals surface area (Å²) < 4.78 is 56.2. The van der Waals surface area contributed by atoms with Crippen molar-refractivity contribution in [3.63, 3.8) is 0 Å². The van der Waals surface area contributed by atoms with E-state index in [0.29, 0.717) is 0 Å². The van der Waals surface area contributed by atoms with Crippen LogP contribution in [0.2, 0.25) is 0 Å². The summed E-state index contributed by atoms with van der Waals surface area (Å²) >= 11 is 0. The molecule has 0 saturated carbocycles. The number of nitrogens with one attached hydrogen (secondary N) is 2. The topological polar surface area (TPSA) is 94.8 Å². The lowest BCUT2D eigenvalue weighted by atomic mass is 10.2. The van der Waals surface area contributed by atoms with Crippen LogP contribution in [0.4, 0.5) is 22.4 Å². The van der Waals surface area contributed by atoms with E-state index < -0.39 is 41.7 Å². The molecule has 7 nitrogen and oxygen atoms in total. The maximum Gasteiger partial charge on any atom is 0.436 e. The Morgan fingerprint density at radius 3 is 2.38 bits per heavy atom. The van der Waals surface area contributed by atoms with Crippen LogP contribution in [-0.2, 0) is 9.53 Å². The standard InChI is InChI=1S/C13H18F4N4O3/c1-12(2,3)24-11(23)21-5-4-7(14)9(21)10(22)20-19-8(6-18)13(15,16)17/h6-7,9,18H,4-5H2,1-3H3,(H,20,22)/b18-6?,19-8+/t7-,9-/m0/s1. The predicted octanol–water partition coefficient (Wildman–Crippen LogP) is 2.02. The average molecular weight is 354 g/mol. The van der Waals surface area contributed by atoms with Gasteiger partial charge >= 0.3 is 12.3 Å². The number of ether oxygens (including phenoxy) is 1. The van der Waals surface area contributed by atoms with Gasteiger partial charge in [-0.3, -0.25) is 9.69 Å². The average Bonchev–Trinajstić information content (AvgIpc) is 2.77. The fraction of sp³-hybridized carbons (Fsp3) is 0.692. The molecule has 2 atom stereocenters. The third-order valence-corrected chi connectivity index (χ3v) is 2.93. The number of alkyl halides is 4. The highest BCUT2D eigenvalue weighted by molar-refractivity contribution is 6.32. The number of hydrogen-bond donors (Lipinski definition) is 2. The molecule has 1 heterocycles. The number of carbonyl (C=O) groups excluding carboxylic acids is 2. The van der Waals surface area contributed by atoms with Crippen molar-refractivity contribution in [2.45, 2.75) is 51.2 Å². The smallest absolute Gasteiger partial charge is 0.436 e. The highest BCUT2D eigenvalue weighted by Gasteiger charge is 2.44. The van der Waals surface area contributed by atoms with Crippen LogP contribution in [0.1, 0.15) is 27.2 Å². The Morgan fingerprint density at radius 2 is 1.92 bits per heavy atom. The normalized spacial score (nSPS) is 22.3. The molecule has 0 unspecified atom stereocenters. The molecule has 11 heteroatoms. The van der Waals surface area contributed by atoms with Gasteiger partial charge in [0.1, 0.15) is 17.8 Å². The van der Waals surface area contributed by atoms with Crippen molar-refractivity contribution in [2.24, 2.45) is 5.10 Å². The van der Waals surface area contributed by atoms with Gasteiger partial charge in [-0.1, -0.05) is 0 Å². The fourth-order valence-electron chi connectivity index (χ4n) is 1.94. The molecule has 0 aromatic rings. The van der Waals surface area contributed by atoms with Gasteiger partial charge in [0.15, 0.2) is 5.71 Å². The van der Waals surface area contributed by atoms with Gasteiger partial charge in [0.25, 0.3) is 5.91 Å². The third kappa shape index (κ3) is 5.17. The number of halogens is 4. The lowest BCUT2D eigenvalue weighted by molar-refractivity contribution is -0.126. The summed E-state index contributed by atoms with van der Waals surface area (Å²) in [5.41, 5.74) is -0.991. The first-order valence-corrected chi connectivity index (χ1v) is 6.95. The molecule has 0 aromatic heterocycles. The van der Waals surface area contributed by atoms with E-state index in [1.54, 1.807) is 26.2 Å². The molecular weight excluding hydrogens is 336 g/mol. The zero-order chi connectivity index (χ0) is 18.7. The quantitative estimate of drug-likeness (QED) is 0.461. The van der Waals surface area contributed by atoms with Crippen LogP contribution in [-0.4, -0.2) is 59.4 Å². The van der Waals surface area contributed by atoms with E-state index in [4.69, 9.17) is 10.1 Å². The van der Waals surface area contributed by atoms with Crippen LogP contribution in [0.3, 0.4) is 0 Å². The minimum atomic E-state index is -4.94. The summed E-state index contributed by atoms with van der Waals surface area (Å²) in [5, 5.41) is 9.39. The predicted molar refractivity (Wildman–Crippen MR) is 76.7 cm³/mol. The van der Waals surface area contributed by atoms with Crippen LogP contribution in [0.25, 0.3) is 0 Å². The molecule has 24 heavy (non-hydrogen) atoms. The molecule has 2 N–H and O–H groups in total. The molecular formula is C13H18F4N4O3. The number of amides is 2. The van der Waals surface area contributed by atoms with E-state index in [0.717, 1.165) is 4.90 Å². The SMILES string of the molecule is CC(C)(C)OC(=O)N1CC[C@H](F)[C@H]1C(=O)N/N=C(\C=N)C(F)(F)F. The maximum atomic E-state index is 13.9. The second kappa shape index (κ2) is 7.14. The molecule has 0 bridgehead atoms. The molecule has 0 aliphatic carbocycles. The minimum absolute atomic E-state index is 0.0898. The van der Waals surface area contributed by atoms with Crippen LogP contribution >= 0.6 is 0 Å². The fourth-order valence-corrected chi connectivity index (χ4v) is 1.94. The van der Waals surface area contributed by atoms with Crippen LogP contribution in [0, 0.1) is 5.41 Å². The highest BCUT2D eigenvalue weighted by atomic mass is 19.4. The largest absolute Gasteiger partial charge is 0.444 e. The zero-order valence-corrected chi connectivity index (χ0v) is 13.3. The Kier molecular flexibility index (Phi) is 5.90. The van der Waals surface area contributed by atoms with Gasteiger partial charge in [0.2, 0.25) is 0 Å². The summed E-state index contributed by atoms with van der Waals surface area (Å²) in [6.45, 7) is 4.61. The number of hydrazone groups is 1. The number of nitrogens with zero attached hydrogens (tertiary/aromatic N) is 2. The lowest BCUT2D eigenvalue weighted by Crippen LogP contribution is -2.49. The van der Waals surface area contributed by atoms with Gasteiger partial charge in [0, 0.05) is 6.54 Å². The van der Waals surface area contributed by atoms with Crippen molar-refractivity contribution in [1.82, 2.24) is 10.3 Å². The van der Waals surface area contributed by atoms with Gasteiger partial charge in [-0.05, 0) is 27.2 Å². The Labute approximate surface area is 135 Å². The Hall–Kier alpha value is -2.20. The van der Waals surface area contributed by atoms with E-state index in [1.807, 2.05) is 0 Å². The molecule has 2 amide bonds. The Bertz CT molecular complexity index is 542. The summed E-state index contributed by atoms with van der Waals surface area (Å²) in [7, 11) is 0. The molecule has 1 saturated heterocycles. The summed E-state index contributed by atoms with van der Waals surface area (Å²) in [4.78, 5) is 24.7. The Morgan fingerprint density at radius 1 is 1.33 bits per heavy atom. The van der Waals surface area contributed by atoms with Crippen molar-refractivity contribution in [1.29, 1.82) is 5.41 Å². The van der Waals surface area contributed by atoms with E-state index in [-0.39, 0.29) is 19.2 Å². The minimum Gasteiger partial charge on any atom is -0.444 e. The maximum absolute atomic E-state index is 13.9. The molecule has 0 radical (unpaired) electrons. The van der Waals surface area contributed by atoms with Gasteiger partial charge in [0.05, 0.1) is 6.21 Å². The van der Waals surface area contributed by atoms with Crippen molar-refractivity contribution < 1.29 is 31.9 Å². The Balaban J connectivity index is 2.88. The molecule has 1 fully saturated rings. The second-order valence-electron chi connectivity index (χ2n) is 6.04. The van der Waals surface area contributed by atoms with E-state index in [9.17, 15) is 27.2 Å². The van der Waals surface area contributed by atoms with Crippen molar-refractivity contribution >= 4 is 23.9 Å². The van der Waals surface area contributed by atoms with E-state index in [1.165, 1.54) is 0 Å². The molecule has 1 aliphatic rings. The first kappa shape index (κ1) is 19.8. The number of hydrogen-bond acceptors (Lipinski definition) is 5. The first-order chi connectivity index (χ1) is 10.9. The molecule has 136 valence electrons. The third-order valence-electron chi connectivity index (χ3n) is 2.93. The van der Waals surface area contributed by atoms with Gasteiger partial charge in [-0.25, -0.2) is 14.6 Å². The number of rotatable bonds is 3. The van der Waals surface area contributed by atoms with E-state index in [2.05, 4.69) is 5.10 Å². The van der Waals surface area contributed by atoms with Crippen molar-refractivity contribution in [3.8, 4) is 0 Å². The van der Waals surface area contributed by atoms with E-state index >= 15 is 0 Å². The second-order valence-corrected chi connectivity index (χ2v) is 6.04. The summed E-state index contributed by atoms with van der Waals surface area (Å²) in [6, 6.07) is -1.65. The van der Waals surface area contributed by atoms with Gasteiger partial charge in [-0.15, -0.1) is 0 Å². The van der Waals surface area contributed by atoms with Crippen molar-refractivity contribution in [3.05, 3.63) is 0 Å². The lowest BCUT2D eigenvalue weighted by Gasteiger charge is -2.28. The van der Waals surface area contributed by atoms with Crippen LogP contribution < -0.4 is 5.43 Å². The summed E-state index contributed by atoms with van der Waals surface area (Å²) in [6.07, 6.45) is -7.90. The van der Waals surface area contributed by atoms with Gasteiger partial charge < -0.3 is 10.1 Å². The first-order valence-electron chi connectivity index (χ1n) is 6.95. The highest BCUT2D eigenvalue weighted by Crippen LogP contribution is 2.24. The molecule has 0 spiro atoms. The zero-order valence-electron chi connectivity index (χ0n) is 13.3. The van der Waals surface area contributed by atoms with Gasteiger partial charge in [-0.2, -0.15) is 18.3 Å². The number of likely N-dealkylation sites (tertiary alicyclic amines) is 1. The summed E-state index contributed by atoms with van der Waals surface area (Å²) in [5.74, 6) is -1.23. The monoisotopic (exact) mass is 354 g/mol. The molecule has 1 rings (SSSR count). The van der Waals surface area contributed by atoms with Crippen LogP contribution in [0.5, 0.6) is 0 Å². The molecule has 1 aliphatic heterocycles. The van der Waals surface area contributed by atoms with Crippen molar-refractivity contribution in [2.75, 3.05) is 6.54 Å². The van der Waals surface area contributed by atoms with Crippen LogP contribution in [0.15, 0.2) is 5.10 Å².